The predicted molar refractivity (Wildman–Crippen MR) is 57.4 cm³/mol. The van der Waals surface area contributed by atoms with E-state index in [1.54, 1.807) is 11.8 Å². The second kappa shape index (κ2) is 7.96. The first-order chi connectivity index (χ1) is 6.22. The van der Waals surface area contributed by atoms with Crippen LogP contribution in [0, 0.1) is 12.3 Å². The van der Waals surface area contributed by atoms with Crippen LogP contribution in [-0.4, -0.2) is 30.0 Å². The lowest BCUT2D eigenvalue weighted by Gasteiger charge is -2.09. The zero-order chi connectivity index (χ0) is 10.1. The molecule has 0 aliphatic rings. The Bertz CT molecular complexity index is 189. The normalized spacial score (nSPS) is 11.8. The Morgan fingerprint density at radius 3 is 3.00 bits per heavy atom. The van der Waals surface area contributed by atoms with Crippen LogP contribution >= 0.6 is 11.8 Å². The van der Waals surface area contributed by atoms with E-state index in [2.05, 4.69) is 11.2 Å². The van der Waals surface area contributed by atoms with E-state index in [-0.39, 0.29) is 11.2 Å². The van der Waals surface area contributed by atoms with Crippen LogP contribution in [0.15, 0.2) is 0 Å². The van der Waals surface area contributed by atoms with Gasteiger partial charge in [0, 0.05) is 0 Å². The van der Waals surface area contributed by atoms with Crippen LogP contribution in [0.4, 0.5) is 0 Å². The molecule has 13 heavy (non-hydrogen) atoms. The first-order valence-electron chi connectivity index (χ1n) is 4.25. The molecule has 0 saturated heterocycles. The molecule has 0 spiro atoms. The van der Waals surface area contributed by atoms with Crippen molar-refractivity contribution in [3.8, 4) is 12.3 Å². The number of rotatable bonds is 6. The Hall–Kier alpha value is -0.660. The summed E-state index contributed by atoms with van der Waals surface area (Å²) in [5, 5.41) is 2.59. The Balaban J connectivity index is 3.52. The van der Waals surface area contributed by atoms with Gasteiger partial charge in [0.15, 0.2) is 0 Å². The first-order valence-corrected chi connectivity index (χ1v) is 5.30. The van der Waals surface area contributed by atoms with E-state index in [1.807, 2.05) is 6.92 Å². The zero-order valence-electron chi connectivity index (χ0n) is 7.88. The maximum absolute atomic E-state index is 11.2. The fraction of sp³-hybridized carbons (Fsp3) is 0.667. The average molecular weight is 200 g/mol. The largest absolute Gasteiger partial charge is 0.344 e. The number of thioether (sulfide) groups is 1. The lowest BCUT2D eigenvalue weighted by atomic mass is 10.4. The fourth-order valence-corrected chi connectivity index (χ4v) is 1.62. The molecule has 0 fully saturated rings. The van der Waals surface area contributed by atoms with Gasteiger partial charge in [0.25, 0.3) is 0 Å². The lowest BCUT2D eigenvalue weighted by molar-refractivity contribution is -0.120. The molecule has 0 aromatic rings. The molecule has 0 aliphatic carbocycles. The summed E-state index contributed by atoms with van der Waals surface area (Å²) in [6, 6.07) is 0. The molecule has 0 aliphatic heterocycles. The minimum Gasteiger partial charge on any atom is -0.344 e. The number of hydrogen-bond donors (Lipinski definition) is 2. The molecule has 3 nitrogen and oxygen atoms in total. The van der Waals surface area contributed by atoms with Crippen molar-refractivity contribution in [2.24, 2.45) is 5.73 Å². The van der Waals surface area contributed by atoms with Crippen LogP contribution in [-0.2, 0) is 4.79 Å². The minimum absolute atomic E-state index is 0.0000265. The van der Waals surface area contributed by atoms with Crippen molar-refractivity contribution in [3.63, 3.8) is 0 Å². The van der Waals surface area contributed by atoms with Gasteiger partial charge in [-0.15, -0.1) is 18.2 Å². The molecule has 0 saturated carbocycles. The zero-order valence-corrected chi connectivity index (χ0v) is 8.69. The molecular formula is C9H16N2OS. The molecule has 0 bridgehead atoms. The number of nitrogens with two attached hydrogens (primary N) is 1. The van der Waals surface area contributed by atoms with E-state index < -0.39 is 0 Å². The molecule has 0 rings (SSSR count). The van der Waals surface area contributed by atoms with Crippen molar-refractivity contribution in [3.05, 3.63) is 0 Å². The summed E-state index contributed by atoms with van der Waals surface area (Å²) >= 11 is 1.60. The van der Waals surface area contributed by atoms with Crippen molar-refractivity contribution < 1.29 is 4.79 Å². The Morgan fingerprint density at radius 1 is 1.77 bits per heavy atom. The molecule has 74 valence electrons. The maximum atomic E-state index is 11.2. The number of hydrogen-bond acceptors (Lipinski definition) is 3. The van der Waals surface area contributed by atoms with E-state index in [1.165, 1.54) is 0 Å². The van der Waals surface area contributed by atoms with Gasteiger partial charge in [-0.1, -0.05) is 5.92 Å². The Labute approximate surface area is 83.8 Å². The number of carbonyl (C=O) groups excluding carboxylic acids is 1. The van der Waals surface area contributed by atoms with Crippen molar-refractivity contribution in [1.29, 1.82) is 0 Å². The minimum atomic E-state index is -0.0418. The van der Waals surface area contributed by atoms with Crippen LogP contribution < -0.4 is 11.1 Å². The topological polar surface area (TPSA) is 55.1 Å². The summed E-state index contributed by atoms with van der Waals surface area (Å²) in [6.45, 7) is 2.85. The molecular weight excluding hydrogens is 184 g/mol. The van der Waals surface area contributed by atoms with Crippen LogP contribution in [0.5, 0.6) is 0 Å². The summed E-state index contributed by atoms with van der Waals surface area (Å²) in [5.41, 5.74) is 5.33. The molecule has 4 heteroatoms. The van der Waals surface area contributed by atoms with Crippen molar-refractivity contribution in [1.82, 2.24) is 5.32 Å². The van der Waals surface area contributed by atoms with Gasteiger partial charge in [-0.2, -0.15) is 0 Å². The highest BCUT2D eigenvalue weighted by atomic mass is 32.2. The first kappa shape index (κ1) is 12.3. The van der Waals surface area contributed by atoms with E-state index in [4.69, 9.17) is 12.2 Å². The fourth-order valence-electron chi connectivity index (χ4n) is 0.701. The number of carbonyl (C=O) groups is 1. The van der Waals surface area contributed by atoms with Crippen LogP contribution in [0.1, 0.15) is 13.3 Å². The SMILES string of the molecule is C#CCNC(=O)C(C)SCCCN. The summed E-state index contributed by atoms with van der Waals surface area (Å²) < 4.78 is 0. The van der Waals surface area contributed by atoms with Crippen molar-refractivity contribution in [2.45, 2.75) is 18.6 Å². The quantitative estimate of drug-likeness (QED) is 0.476. The smallest absolute Gasteiger partial charge is 0.233 e. The van der Waals surface area contributed by atoms with Crippen molar-refractivity contribution in [2.75, 3.05) is 18.8 Å². The highest BCUT2D eigenvalue weighted by Crippen LogP contribution is 2.10. The molecule has 3 N–H and O–H groups in total. The second-order valence-corrected chi connectivity index (χ2v) is 4.03. The van der Waals surface area contributed by atoms with Gasteiger partial charge in [0.05, 0.1) is 11.8 Å². The molecule has 0 radical (unpaired) electrons. The third-order valence-electron chi connectivity index (χ3n) is 1.45. The average Bonchev–Trinajstić information content (AvgIpc) is 2.14. The van der Waals surface area contributed by atoms with Gasteiger partial charge in [0.1, 0.15) is 0 Å². The third kappa shape index (κ3) is 6.50. The van der Waals surface area contributed by atoms with Gasteiger partial charge in [-0.3, -0.25) is 4.79 Å². The summed E-state index contributed by atoms with van der Waals surface area (Å²) in [7, 11) is 0. The highest BCUT2D eigenvalue weighted by molar-refractivity contribution is 8.00. The molecule has 0 aromatic carbocycles. The number of amides is 1. The summed E-state index contributed by atoms with van der Waals surface area (Å²) in [5.74, 6) is 3.28. The number of nitrogens with one attached hydrogen (secondary N) is 1. The van der Waals surface area contributed by atoms with Crippen LogP contribution in [0.3, 0.4) is 0 Å². The molecule has 0 heterocycles. The lowest BCUT2D eigenvalue weighted by Crippen LogP contribution is -2.31. The van der Waals surface area contributed by atoms with Gasteiger partial charge in [-0.05, 0) is 25.6 Å². The molecule has 1 atom stereocenters. The summed E-state index contributed by atoms with van der Waals surface area (Å²) in [4.78, 5) is 11.2. The van der Waals surface area contributed by atoms with Gasteiger partial charge in [0.2, 0.25) is 5.91 Å². The molecule has 1 unspecified atom stereocenters. The van der Waals surface area contributed by atoms with Crippen molar-refractivity contribution >= 4 is 17.7 Å². The van der Waals surface area contributed by atoms with Crippen LogP contribution in [0.25, 0.3) is 0 Å². The standard InChI is InChI=1S/C9H16N2OS/c1-3-6-11-9(12)8(2)13-7-4-5-10/h1,8H,4-7,10H2,2H3,(H,11,12). The van der Waals surface area contributed by atoms with Gasteiger partial charge < -0.3 is 11.1 Å². The maximum Gasteiger partial charge on any atom is 0.233 e. The Kier molecular flexibility index (Phi) is 7.56. The van der Waals surface area contributed by atoms with E-state index in [9.17, 15) is 4.79 Å². The monoisotopic (exact) mass is 200 g/mol. The highest BCUT2D eigenvalue weighted by Gasteiger charge is 2.11. The summed E-state index contributed by atoms with van der Waals surface area (Å²) in [6.07, 6.45) is 5.95. The van der Waals surface area contributed by atoms with E-state index in [0.717, 1.165) is 12.2 Å². The number of terminal acetylenes is 1. The Morgan fingerprint density at radius 2 is 2.46 bits per heavy atom. The van der Waals surface area contributed by atoms with E-state index >= 15 is 0 Å². The molecule has 1 amide bonds. The van der Waals surface area contributed by atoms with Crippen LogP contribution in [0.2, 0.25) is 0 Å². The predicted octanol–water partition coefficient (Wildman–Crippen LogP) is 0.206. The van der Waals surface area contributed by atoms with Gasteiger partial charge >= 0.3 is 0 Å². The molecule has 0 aromatic heterocycles. The van der Waals surface area contributed by atoms with Gasteiger partial charge in [-0.25, -0.2) is 0 Å². The third-order valence-corrected chi connectivity index (χ3v) is 2.69. The van der Waals surface area contributed by atoms with E-state index in [0.29, 0.717) is 13.1 Å². The second-order valence-electron chi connectivity index (χ2n) is 2.58.